The van der Waals surface area contributed by atoms with E-state index in [4.69, 9.17) is 5.26 Å². The number of rotatable bonds is 5. The lowest BCUT2D eigenvalue weighted by molar-refractivity contribution is -0.123. The van der Waals surface area contributed by atoms with Crippen LogP contribution >= 0.6 is 15.9 Å². The average molecular weight is 428 g/mol. The number of halogens is 1. The number of nitrogens with one attached hydrogen (secondary N) is 1. The predicted molar refractivity (Wildman–Crippen MR) is 105 cm³/mol. The second-order valence-corrected chi connectivity index (χ2v) is 7.19. The molecule has 2 amide bonds. The summed E-state index contributed by atoms with van der Waals surface area (Å²) in [6.07, 6.45) is 2.24. The quantitative estimate of drug-likeness (QED) is 0.790. The molecule has 0 saturated carbocycles. The molecule has 1 aliphatic heterocycles. The van der Waals surface area contributed by atoms with Gasteiger partial charge in [-0.1, -0.05) is 0 Å². The van der Waals surface area contributed by atoms with Crippen LogP contribution in [0.25, 0.3) is 0 Å². The van der Waals surface area contributed by atoms with E-state index in [-0.39, 0.29) is 24.4 Å². The second kappa shape index (κ2) is 8.29. The molecule has 27 heavy (non-hydrogen) atoms. The van der Waals surface area contributed by atoms with Gasteiger partial charge < -0.3 is 10.2 Å². The van der Waals surface area contributed by atoms with Gasteiger partial charge in [0.2, 0.25) is 11.8 Å². The Labute approximate surface area is 165 Å². The zero-order valence-corrected chi connectivity index (χ0v) is 16.3. The molecule has 7 nitrogen and oxygen atoms in total. The topological polar surface area (TPSA) is 89.3 Å². The Kier molecular flexibility index (Phi) is 5.84. The summed E-state index contributed by atoms with van der Waals surface area (Å²) in [6, 6.07) is 12.1. The van der Waals surface area contributed by atoms with E-state index in [2.05, 4.69) is 32.3 Å². The number of nitrogens with zero attached hydrogens (tertiary/aromatic N) is 4. The van der Waals surface area contributed by atoms with Crippen LogP contribution in [-0.2, 0) is 9.59 Å². The van der Waals surface area contributed by atoms with E-state index >= 15 is 0 Å². The fraction of sp³-hybridized carbons (Fsp3) is 0.263. The summed E-state index contributed by atoms with van der Waals surface area (Å²) in [6.45, 7) is 0.672. The number of benzene rings is 1. The molecule has 1 N–H and O–H groups in total. The van der Waals surface area contributed by atoms with Crippen LogP contribution in [0.3, 0.4) is 0 Å². The van der Waals surface area contributed by atoms with E-state index in [9.17, 15) is 9.59 Å². The molecule has 1 saturated heterocycles. The third kappa shape index (κ3) is 4.51. The van der Waals surface area contributed by atoms with Crippen LogP contribution in [0.5, 0.6) is 0 Å². The molecule has 8 heteroatoms. The Balaban J connectivity index is 1.59. The van der Waals surface area contributed by atoms with Gasteiger partial charge in [-0.15, -0.1) is 0 Å². The third-order valence-corrected chi connectivity index (χ3v) is 4.87. The molecule has 2 aromatic rings. The van der Waals surface area contributed by atoms with Crippen molar-refractivity contribution in [2.75, 3.05) is 30.4 Å². The van der Waals surface area contributed by atoms with Gasteiger partial charge in [-0.2, -0.15) is 5.26 Å². The van der Waals surface area contributed by atoms with Crippen molar-refractivity contribution in [1.29, 1.82) is 5.26 Å². The first-order valence-electron chi connectivity index (χ1n) is 8.41. The van der Waals surface area contributed by atoms with Gasteiger partial charge in [0.25, 0.3) is 0 Å². The van der Waals surface area contributed by atoms with Gasteiger partial charge in [-0.25, -0.2) is 4.98 Å². The number of amides is 2. The normalized spacial score (nSPS) is 16.4. The molecule has 0 aliphatic carbocycles. The highest BCUT2D eigenvalue weighted by molar-refractivity contribution is 9.10. The molecule has 1 unspecified atom stereocenters. The number of carbonyl (C=O) groups excluding carboxylic acids is 2. The molecule has 0 bridgehead atoms. The van der Waals surface area contributed by atoms with Gasteiger partial charge in [0.05, 0.1) is 24.2 Å². The van der Waals surface area contributed by atoms with Crippen molar-refractivity contribution < 1.29 is 9.59 Å². The Morgan fingerprint density at radius 2 is 2.11 bits per heavy atom. The van der Waals surface area contributed by atoms with Gasteiger partial charge in [0, 0.05) is 22.9 Å². The summed E-state index contributed by atoms with van der Waals surface area (Å²) >= 11 is 3.29. The van der Waals surface area contributed by atoms with E-state index in [1.807, 2.05) is 0 Å². The van der Waals surface area contributed by atoms with E-state index in [1.165, 1.54) is 0 Å². The zero-order valence-electron chi connectivity index (χ0n) is 14.7. The summed E-state index contributed by atoms with van der Waals surface area (Å²) in [7, 11) is 1.76. The van der Waals surface area contributed by atoms with Crippen molar-refractivity contribution in [2.24, 2.45) is 0 Å². The number of hydrogen-bond acceptors (Lipinski definition) is 5. The maximum Gasteiger partial charge on any atom is 0.244 e. The Hall–Kier alpha value is -2.76. The van der Waals surface area contributed by atoms with Crippen molar-refractivity contribution in [1.82, 2.24) is 9.88 Å². The third-order valence-electron chi connectivity index (χ3n) is 4.41. The van der Waals surface area contributed by atoms with Crippen molar-refractivity contribution in [2.45, 2.75) is 12.5 Å². The number of pyridine rings is 1. The summed E-state index contributed by atoms with van der Waals surface area (Å²) < 4.78 is 0.831. The SMILES string of the molecule is CN(CC(=O)Nc1ccc(Br)cn1)C1CCN(c2ccc(C#N)cc2)C1=O. The minimum Gasteiger partial charge on any atom is -0.311 e. The van der Waals surface area contributed by atoms with Crippen LogP contribution in [0, 0.1) is 11.3 Å². The van der Waals surface area contributed by atoms with Gasteiger partial charge in [-0.05, 0) is 65.8 Å². The largest absolute Gasteiger partial charge is 0.311 e. The summed E-state index contributed by atoms with van der Waals surface area (Å²) in [5.74, 6) is 0.197. The molecule has 138 valence electrons. The fourth-order valence-electron chi connectivity index (χ4n) is 3.01. The highest BCUT2D eigenvalue weighted by Crippen LogP contribution is 2.24. The number of likely N-dealkylation sites (N-methyl/N-ethyl adjacent to an activating group) is 1. The van der Waals surface area contributed by atoms with Gasteiger partial charge in [-0.3, -0.25) is 14.5 Å². The Bertz CT molecular complexity index is 876. The highest BCUT2D eigenvalue weighted by atomic mass is 79.9. The van der Waals surface area contributed by atoms with E-state index in [0.29, 0.717) is 24.3 Å². The van der Waals surface area contributed by atoms with Gasteiger partial charge >= 0.3 is 0 Å². The lowest BCUT2D eigenvalue weighted by Gasteiger charge is -2.23. The van der Waals surface area contributed by atoms with Crippen LogP contribution in [0.1, 0.15) is 12.0 Å². The Morgan fingerprint density at radius 1 is 1.37 bits per heavy atom. The minimum absolute atomic E-state index is 0.0447. The second-order valence-electron chi connectivity index (χ2n) is 6.28. The monoisotopic (exact) mass is 427 g/mol. The molecular weight excluding hydrogens is 410 g/mol. The number of hydrogen-bond donors (Lipinski definition) is 1. The first-order chi connectivity index (χ1) is 13.0. The van der Waals surface area contributed by atoms with Crippen LogP contribution < -0.4 is 10.2 Å². The number of anilines is 2. The van der Waals surface area contributed by atoms with E-state index in [0.717, 1.165) is 10.2 Å². The van der Waals surface area contributed by atoms with Crippen molar-refractivity contribution in [3.8, 4) is 6.07 Å². The number of carbonyl (C=O) groups is 2. The molecule has 1 atom stereocenters. The highest BCUT2D eigenvalue weighted by Gasteiger charge is 2.35. The van der Waals surface area contributed by atoms with Gasteiger partial charge in [0.15, 0.2) is 0 Å². The maximum absolute atomic E-state index is 12.7. The number of aromatic nitrogens is 1. The van der Waals surface area contributed by atoms with Crippen LogP contribution in [0.15, 0.2) is 47.1 Å². The molecule has 1 aromatic heterocycles. The smallest absolute Gasteiger partial charge is 0.244 e. The molecule has 0 radical (unpaired) electrons. The van der Waals surface area contributed by atoms with E-state index < -0.39 is 0 Å². The van der Waals surface area contributed by atoms with Crippen LogP contribution in [-0.4, -0.2) is 47.9 Å². The van der Waals surface area contributed by atoms with Gasteiger partial charge in [0.1, 0.15) is 5.82 Å². The molecule has 1 aliphatic rings. The predicted octanol–water partition coefficient (Wildman–Crippen LogP) is 2.39. The molecule has 1 fully saturated rings. The molecular formula is C19H18BrN5O2. The average Bonchev–Trinajstić information content (AvgIpc) is 3.05. The lowest BCUT2D eigenvalue weighted by Crippen LogP contribution is -2.43. The maximum atomic E-state index is 12.7. The van der Waals surface area contributed by atoms with Crippen molar-refractivity contribution in [3.05, 3.63) is 52.6 Å². The van der Waals surface area contributed by atoms with Crippen molar-refractivity contribution in [3.63, 3.8) is 0 Å². The summed E-state index contributed by atoms with van der Waals surface area (Å²) in [4.78, 5) is 32.5. The zero-order chi connectivity index (χ0) is 19.4. The summed E-state index contributed by atoms with van der Waals surface area (Å²) in [5, 5.41) is 11.6. The minimum atomic E-state index is -0.357. The Morgan fingerprint density at radius 3 is 2.74 bits per heavy atom. The van der Waals surface area contributed by atoms with Crippen LogP contribution in [0.2, 0.25) is 0 Å². The molecule has 1 aromatic carbocycles. The lowest BCUT2D eigenvalue weighted by atomic mass is 10.2. The first kappa shape index (κ1) is 19.0. The standard InChI is InChI=1S/C19H18BrN5O2/c1-24(12-18(26)23-17-7-4-14(20)11-22-17)16-8-9-25(19(16)27)15-5-2-13(10-21)3-6-15/h2-7,11,16H,8-9,12H2,1H3,(H,22,23,26). The first-order valence-corrected chi connectivity index (χ1v) is 9.20. The number of nitriles is 1. The summed E-state index contributed by atoms with van der Waals surface area (Å²) in [5.41, 5.74) is 1.32. The van der Waals surface area contributed by atoms with E-state index in [1.54, 1.807) is 59.4 Å². The van der Waals surface area contributed by atoms with Crippen LogP contribution in [0.4, 0.5) is 11.5 Å². The molecule has 2 heterocycles. The fourth-order valence-corrected chi connectivity index (χ4v) is 3.25. The molecule has 0 spiro atoms. The molecule has 3 rings (SSSR count). The van der Waals surface area contributed by atoms with Crippen molar-refractivity contribution >= 4 is 39.2 Å².